The smallest absolute Gasteiger partial charge is 0.255 e. The number of amides is 1. The Labute approximate surface area is 134 Å². The van der Waals surface area contributed by atoms with Crippen LogP contribution in [-0.4, -0.2) is 27.2 Å². The summed E-state index contributed by atoms with van der Waals surface area (Å²) in [5.41, 5.74) is 0.682. The van der Waals surface area contributed by atoms with Gasteiger partial charge in [-0.15, -0.1) is 0 Å². The van der Waals surface area contributed by atoms with Gasteiger partial charge in [0.05, 0.1) is 26.9 Å². The van der Waals surface area contributed by atoms with Crippen molar-refractivity contribution in [3.63, 3.8) is 0 Å². The second kappa shape index (κ2) is 7.49. The molecule has 23 heavy (non-hydrogen) atoms. The molecule has 0 radical (unpaired) electrons. The lowest BCUT2D eigenvalue weighted by atomic mass is 10.1. The molecule has 2 aromatic carbocycles. The van der Waals surface area contributed by atoms with Gasteiger partial charge in [0.1, 0.15) is 5.82 Å². The van der Waals surface area contributed by atoms with Gasteiger partial charge in [-0.2, -0.15) is 0 Å². The lowest BCUT2D eigenvalue weighted by molar-refractivity contribution is 0.0946. The van der Waals surface area contributed by atoms with Crippen molar-refractivity contribution in [3.8, 4) is 17.2 Å². The maximum absolute atomic E-state index is 13.6. The fraction of sp³-hybridized carbons (Fsp3) is 0.235. The predicted octanol–water partition coefficient (Wildman–Crippen LogP) is 2.78. The number of carbonyl (C=O) groups excluding carboxylic acids is 1. The molecule has 0 bridgehead atoms. The van der Waals surface area contributed by atoms with Crippen LogP contribution in [0, 0.1) is 5.82 Å². The highest BCUT2D eigenvalue weighted by Gasteiger charge is 2.20. The van der Waals surface area contributed by atoms with Gasteiger partial charge in [-0.05, 0) is 18.2 Å². The minimum absolute atomic E-state index is 0.0724. The van der Waals surface area contributed by atoms with Crippen LogP contribution in [0.15, 0.2) is 36.4 Å². The van der Waals surface area contributed by atoms with E-state index in [-0.39, 0.29) is 23.7 Å². The van der Waals surface area contributed by atoms with Gasteiger partial charge in [0, 0.05) is 12.1 Å². The number of benzene rings is 2. The number of halogens is 1. The Balaban J connectivity index is 2.24. The molecule has 0 saturated heterocycles. The Bertz CT molecular complexity index is 703. The lowest BCUT2D eigenvalue weighted by Crippen LogP contribution is -2.24. The summed E-state index contributed by atoms with van der Waals surface area (Å²) in [6.45, 7) is 0.0724. The van der Waals surface area contributed by atoms with E-state index in [1.807, 2.05) is 0 Å². The summed E-state index contributed by atoms with van der Waals surface area (Å²) in [6.07, 6.45) is 0. The van der Waals surface area contributed by atoms with Gasteiger partial charge in [-0.3, -0.25) is 4.79 Å². The minimum atomic E-state index is -0.397. The maximum Gasteiger partial charge on any atom is 0.255 e. The normalized spacial score (nSPS) is 10.1. The molecule has 122 valence electrons. The van der Waals surface area contributed by atoms with Gasteiger partial charge in [0.15, 0.2) is 11.5 Å². The summed E-state index contributed by atoms with van der Waals surface area (Å²) in [5, 5.41) is 2.66. The van der Waals surface area contributed by atoms with Crippen molar-refractivity contribution in [2.24, 2.45) is 0 Å². The van der Waals surface area contributed by atoms with Gasteiger partial charge in [0.2, 0.25) is 5.75 Å². The first-order valence-corrected chi connectivity index (χ1v) is 6.93. The molecule has 0 heterocycles. The van der Waals surface area contributed by atoms with Crippen molar-refractivity contribution in [1.82, 2.24) is 5.32 Å². The first-order chi connectivity index (χ1) is 11.1. The Morgan fingerprint density at radius 2 is 1.70 bits per heavy atom. The Morgan fingerprint density at radius 3 is 2.30 bits per heavy atom. The summed E-state index contributed by atoms with van der Waals surface area (Å²) in [6, 6.07) is 9.44. The van der Waals surface area contributed by atoms with E-state index in [0.717, 1.165) is 0 Å². The molecule has 0 spiro atoms. The van der Waals surface area contributed by atoms with Gasteiger partial charge in [-0.1, -0.05) is 18.2 Å². The molecule has 0 atom stereocenters. The molecule has 0 aliphatic carbocycles. The summed E-state index contributed by atoms with van der Waals surface area (Å²) >= 11 is 0. The van der Waals surface area contributed by atoms with E-state index in [4.69, 9.17) is 14.2 Å². The van der Waals surface area contributed by atoms with Crippen LogP contribution in [0.2, 0.25) is 0 Å². The van der Waals surface area contributed by atoms with Gasteiger partial charge < -0.3 is 19.5 Å². The summed E-state index contributed by atoms with van der Waals surface area (Å²) < 4.78 is 29.3. The molecule has 0 aliphatic heterocycles. The number of carbonyl (C=O) groups is 1. The molecule has 0 aromatic heterocycles. The van der Waals surface area contributed by atoms with E-state index in [1.165, 1.54) is 27.4 Å². The third-order valence-corrected chi connectivity index (χ3v) is 3.35. The molecule has 0 saturated carbocycles. The SMILES string of the molecule is COc1ccc(C(=O)NCc2ccccc2F)c(OC)c1OC. The molecule has 0 unspecified atom stereocenters. The molecule has 5 nitrogen and oxygen atoms in total. The second-order valence-electron chi connectivity index (χ2n) is 4.66. The summed E-state index contributed by atoms with van der Waals surface area (Å²) in [7, 11) is 4.39. The van der Waals surface area contributed by atoms with E-state index in [0.29, 0.717) is 17.1 Å². The molecule has 0 fully saturated rings. The standard InChI is InChI=1S/C17H18FNO4/c1-21-14-9-8-12(15(22-2)16(14)23-3)17(20)19-10-11-6-4-5-7-13(11)18/h4-9H,10H2,1-3H3,(H,19,20). The zero-order valence-corrected chi connectivity index (χ0v) is 13.2. The molecular formula is C17H18FNO4. The predicted molar refractivity (Wildman–Crippen MR) is 83.7 cm³/mol. The van der Waals surface area contributed by atoms with Crippen LogP contribution in [0.3, 0.4) is 0 Å². The molecule has 1 N–H and O–H groups in total. The van der Waals surface area contributed by atoms with Crippen LogP contribution in [-0.2, 0) is 6.54 Å². The van der Waals surface area contributed by atoms with E-state index in [2.05, 4.69) is 5.32 Å². The fourth-order valence-corrected chi connectivity index (χ4v) is 2.19. The quantitative estimate of drug-likeness (QED) is 0.889. The highest BCUT2D eigenvalue weighted by atomic mass is 19.1. The number of ether oxygens (including phenoxy) is 3. The Morgan fingerprint density at radius 1 is 1.00 bits per heavy atom. The van der Waals surface area contributed by atoms with Gasteiger partial charge in [0.25, 0.3) is 5.91 Å². The van der Waals surface area contributed by atoms with Gasteiger partial charge in [-0.25, -0.2) is 4.39 Å². The third kappa shape index (κ3) is 3.53. The average molecular weight is 319 g/mol. The molecule has 2 rings (SSSR count). The topological polar surface area (TPSA) is 56.8 Å². The van der Waals surface area contributed by atoms with Crippen LogP contribution in [0.5, 0.6) is 17.2 Å². The average Bonchev–Trinajstić information content (AvgIpc) is 2.59. The first-order valence-electron chi connectivity index (χ1n) is 6.93. The van der Waals surface area contributed by atoms with E-state index in [9.17, 15) is 9.18 Å². The zero-order chi connectivity index (χ0) is 16.8. The second-order valence-corrected chi connectivity index (χ2v) is 4.66. The Hall–Kier alpha value is -2.76. The van der Waals surface area contributed by atoms with Crippen molar-refractivity contribution in [3.05, 3.63) is 53.3 Å². The summed E-state index contributed by atoms with van der Waals surface area (Å²) in [5.74, 6) is 0.277. The van der Waals surface area contributed by atoms with Crippen LogP contribution in [0.4, 0.5) is 4.39 Å². The van der Waals surface area contributed by atoms with Crippen molar-refractivity contribution in [1.29, 1.82) is 0 Å². The van der Waals surface area contributed by atoms with Crippen molar-refractivity contribution < 1.29 is 23.4 Å². The number of hydrogen-bond donors (Lipinski definition) is 1. The molecular weight excluding hydrogens is 301 g/mol. The van der Waals surface area contributed by atoms with E-state index >= 15 is 0 Å². The lowest BCUT2D eigenvalue weighted by Gasteiger charge is -2.15. The van der Waals surface area contributed by atoms with Gasteiger partial charge >= 0.3 is 0 Å². The number of rotatable bonds is 6. The van der Waals surface area contributed by atoms with E-state index < -0.39 is 5.91 Å². The minimum Gasteiger partial charge on any atom is -0.493 e. The highest BCUT2D eigenvalue weighted by Crippen LogP contribution is 2.39. The van der Waals surface area contributed by atoms with Crippen molar-refractivity contribution >= 4 is 5.91 Å². The van der Waals surface area contributed by atoms with Crippen molar-refractivity contribution in [2.75, 3.05) is 21.3 Å². The first kappa shape index (κ1) is 16.6. The highest BCUT2D eigenvalue weighted by molar-refractivity contribution is 5.98. The third-order valence-electron chi connectivity index (χ3n) is 3.35. The fourth-order valence-electron chi connectivity index (χ4n) is 2.19. The number of nitrogens with one attached hydrogen (secondary N) is 1. The number of hydrogen-bond acceptors (Lipinski definition) is 4. The summed E-state index contributed by atoms with van der Waals surface area (Å²) in [4.78, 5) is 12.4. The zero-order valence-electron chi connectivity index (χ0n) is 13.2. The van der Waals surface area contributed by atoms with Crippen LogP contribution in [0.1, 0.15) is 15.9 Å². The molecule has 6 heteroatoms. The monoisotopic (exact) mass is 319 g/mol. The largest absolute Gasteiger partial charge is 0.493 e. The van der Waals surface area contributed by atoms with Crippen LogP contribution < -0.4 is 19.5 Å². The Kier molecular flexibility index (Phi) is 5.41. The number of methoxy groups -OCH3 is 3. The maximum atomic E-state index is 13.6. The molecule has 0 aliphatic rings. The van der Waals surface area contributed by atoms with Crippen LogP contribution >= 0.6 is 0 Å². The molecule has 2 aromatic rings. The molecule has 1 amide bonds. The van der Waals surface area contributed by atoms with Crippen molar-refractivity contribution in [2.45, 2.75) is 6.54 Å². The van der Waals surface area contributed by atoms with E-state index in [1.54, 1.807) is 30.3 Å². The van der Waals surface area contributed by atoms with Crippen LogP contribution in [0.25, 0.3) is 0 Å².